The molecular weight excluding hydrogens is 325 g/mol. The lowest BCUT2D eigenvalue weighted by atomic mass is 9.75. The Morgan fingerprint density at radius 3 is 2.65 bits per heavy atom. The van der Waals surface area contributed by atoms with Crippen LogP contribution >= 0.6 is 23.2 Å². The summed E-state index contributed by atoms with van der Waals surface area (Å²) in [5.74, 6) is 0.935. The number of allylic oxidation sites excluding steroid dienone is 2. The van der Waals surface area contributed by atoms with E-state index in [1.807, 2.05) is 12.1 Å². The maximum Gasteiger partial charge on any atom is 0.0645 e. The van der Waals surface area contributed by atoms with Gasteiger partial charge in [0, 0.05) is 11.6 Å². The molecule has 0 aromatic heterocycles. The molecule has 0 unspecified atom stereocenters. The molecule has 1 N–H and O–H groups in total. The molecule has 0 radical (unpaired) electrons. The first-order chi connectivity index (χ1) is 11.1. The second-order valence-corrected chi connectivity index (χ2v) is 7.39. The molecule has 1 aliphatic heterocycles. The molecule has 23 heavy (non-hydrogen) atoms. The summed E-state index contributed by atoms with van der Waals surface area (Å²) in [6.07, 6.45) is 5.74. The van der Waals surface area contributed by atoms with Crippen molar-refractivity contribution in [2.75, 3.05) is 5.32 Å². The van der Waals surface area contributed by atoms with Crippen LogP contribution in [0, 0.1) is 19.8 Å². The fourth-order valence-electron chi connectivity index (χ4n) is 4.11. The normalized spacial score (nSPS) is 25.0. The summed E-state index contributed by atoms with van der Waals surface area (Å²) in [5, 5.41) is 5.08. The van der Waals surface area contributed by atoms with Crippen molar-refractivity contribution in [1.82, 2.24) is 0 Å². The third-order valence-corrected chi connectivity index (χ3v) is 6.10. The smallest absolute Gasteiger partial charge is 0.0645 e. The van der Waals surface area contributed by atoms with Crippen molar-refractivity contribution in [3.8, 4) is 0 Å². The van der Waals surface area contributed by atoms with Crippen molar-refractivity contribution in [3.63, 3.8) is 0 Å². The molecule has 0 amide bonds. The Morgan fingerprint density at radius 1 is 1.04 bits per heavy atom. The number of fused-ring (bicyclic) bond motifs is 3. The molecule has 1 nitrogen and oxygen atoms in total. The van der Waals surface area contributed by atoms with Crippen molar-refractivity contribution in [1.29, 1.82) is 0 Å². The zero-order valence-corrected chi connectivity index (χ0v) is 14.7. The number of nitrogens with one attached hydrogen (secondary N) is 1. The van der Waals surface area contributed by atoms with E-state index in [-0.39, 0.29) is 6.04 Å². The number of halogens is 2. The van der Waals surface area contributed by atoms with E-state index >= 15 is 0 Å². The molecule has 1 aliphatic carbocycles. The summed E-state index contributed by atoms with van der Waals surface area (Å²) in [6.45, 7) is 4.37. The maximum absolute atomic E-state index is 6.52. The fourth-order valence-corrected chi connectivity index (χ4v) is 4.54. The topological polar surface area (TPSA) is 12.0 Å². The highest BCUT2D eigenvalue weighted by molar-refractivity contribution is 6.42. The predicted octanol–water partition coefficient (Wildman–Crippen LogP) is 6.44. The van der Waals surface area contributed by atoms with E-state index < -0.39 is 0 Å². The zero-order valence-electron chi connectivity index (χ0n) is 13.2. The van der Waals surface area contributed by atoms with Gasteiger partial charge in [-0.1, -0.05) is 59.6 Å². The van der Waals surface area contributed by atoms with Crippen molar-refractivity contribution >= 4 is 28.9 Å². The number of hydrogen-bond acceptors (Lipinski definition) is 1. The lowest BCUT2D eigenvalue weighted by Gasteiger charge is -2.39. The highest BCUT2D eigenvalue weighted by Gasteiger charge is 2.39. The quantitative estimate of drug-likeness (QED) is 0.587. The number of aryl methyl sites for hydroxylation is 2. The van der Waals surface area contributed by atoms with Crippen molar-refractivity contribution in [2.45, 2.75) is 32.2 Å². The molecule has 0 fully saturated rings. The van der Waals surface area contributed by atoms with E-state index in [1.54, 1.807) is 0 Å². The monoisotopic (exact) mass is 343 g/mol. The number of rotatable bonds is 1. The van der Waals surface area contributed by atoms with Gasteiger partial charge in [-0.15, -0.1) is 0 Å². The van der Waals surface area contributed by atoms with Gasteiger partial charge in [-0.05, 0) is 54.5 Å². The number of hydrogen-bond donors (Lipinski definition) is 1. The van der Waals surface area contributed by atoms with Crippen molar-refractivity contribution in [2.24, 2.45) is 5.92 Å². The second-order valence-electron chi connectivity index (χ2n) is 6.61. The van der Waals surface area contributed by atoms with Gasteiger partial charge in [0.1, 0.15) is 0 Å². The van der Waals surface area contributed by atoms with Gasteiger partial charge in [0.2, 0.25) is 0 Å². The van der Waals surface area contributed by atoms with Gasteiger partial charge < -0.3 is 5.32 Å². The van der Waals surface area contributed by atoms with Crippen LogP contribution in [0.1, 0.15) is 40.6 Å². The van der Waals surface area contributed by atoms with Crippen LogP contribution in [0.25, 0.3) is 0 Å². The van der Waals surface area contributed by atoms with Crippen LogP contribution in [-0.4, -0.2) is 0 Å². The predicted molar refractivity (Wildman–Crippen MR) is 98.7 cm³/mol. The van der Waals surface area contributed by atoms with E-state index in [0.717, 1.165) is 12.0 Å². The van der Waals surface area contributed by atoms with E-state index in [0.29, 0.717) is 21.9 Å². The lowest BCUT2D eigenvalue weighted by Crippen LogP contribution is -2.30. The largest absolute Gasteiger partial charge is 0.377 e. The van der Waals surface area contributed by atoms with Gasteiger partial charge >= 0.3 is 0 Å². The van der Waals surface area contributed by atoms with Crippen LogP contribution in [-0.2, 0) is 0 Å². The minimum absolute atomic E-state index is 0.189. The van der Waals surface area contributed by atoms with Crippen LogP contribution in [0.4, 0.5) is 5.69 Å². The molecular formula is C20H19Cl2N. The maximum atomic E-state index is 6.52. The van der Waals surface area contributed by atoms with E-state index in [9.17, 15) is 0 Å². The Balaban J connectivity index is 1.88. The third-order valence-electron chi connectivity index (χ3n) is 5.26. The van der Waals surface area contributed by atoms with Crippen LogP contribution in [0.2, 0.25) is 10.0 Å². The minimum Gasteiger partial charge on any atom is -0.377 e. The van der Waals surface area contributed by atoms with E-state index in [2.05, 4.69) is 49.5 Å². The first-order valence-electron chi connectivity index (χ1n) is 8.05. The number of anilines is 1. The van der Waals surface area contributed by atoms with Crippen LogP contribution in [0.3, 0.4) is 0 Å². The molecule has 118 valence electrons. The zero-order chi connectivity index (χ0) is 16.1. The van der Waals surface area contributed by atoms with Crippen LogP contribution in [0.15, 0.2) is 42.5 Å². The molecule has 3 atom stereocenters. The molecule has 2 aromatic rings. The molecule has 3 heteroatoms. The Kier molecular flexibility index (Phi) is 3.66. The first-order valence-corrected chi connectivity index (χ1v) is 8.80. The van der Waals surface area contributed by atoms with Crippen LogP contribution in [0.5, 0.6) is 0 Å². The van der Waals surface area contributed by atoms with Crippen molar-refractivity contribution < 1.29 is 0 Å². The Hall–Kier alpha value is -1.44. The molecule has 1 heterocycles. The molecule has 2 aliphatic rings. The van der Waals surface area contributed by atoms with Gasteiger partial charge in [0.25, 0.3) is 0 Å². The highest BCUT2D eigenvalue weighted by atomic mass is 35.5. The fraction of sp³-hybridized carbons (Fsp3) is 0.300. The van der Waals surface area contributed by atoms with Crippen LogP contribution < -0.4 is 5.32 Å². The van der Waals surface area contributed by atoms with Gasteiger partial charge in [0.05, 0.1) is 16.1 Å². The van der Waals surface area contributed by atoms with E-state index in [1.165, 1.54) is 22.4 Å². The standard InChI is InChI=1S/C20H19Cl2N/c1-11-9-10-12(2)19-17(11)13-5-3-6-14(13)20(23-19)15-7-4-8-16(21)18(15)22/h3-5,7-10,13-14,20,23H,6H2,1-2H3/t13-,14+,20-/m0/s1. The average Bonchev–Trinajstić information content (AvgIpc) is 3.02. The van der Waals surface area contributed by atoms with Gasteiger partial charge in [-0.2, -0.15) is 0 Å². The summed E-state index contributed by atoms with van der Waals surface area (Å²) in [5.41, 5.74) is 6.45. The molecule has 0 saturated carbocycles. The summed E-state index contributed by atoms with van der Waals surface area (Å²) in [4.78, 5) is 0. The Morgan fingerprint density at radius 2 is 1.83 bits per heavy atom. The lowest BCUT2D eigenvalue weighted by molar-refractivity contribution is 0.424. The molecule has 0 spiro atoms. The second kappa shape index (κ2) is 5.58. The summed E-state index contributed by atoms with van der Waals surface area (Å²) in [6, 6.07) is 10.5. The van der Waals surface area contributed by atoms with Gasteiger partial charge in [-0.3, -0.25) is 0 Å². The SMILES string of the molecule is Cc1ccc(C)c2c1N[C@H](c1cccc(Cl)c1Cl)[C@@H]1CC=C[C@H]21. The average molecular weight is 344 g/mol. The Bertz CT molecular complexity index is 810. The van der Waals surface area contributed by atoms with Gasteiger partial charge in [0.15, 0.2) is 0 Å². The number of benzene rings is 2. The van der Waals surface area contributed by atoms with Crippen molar-refractivity contribution in [3.05, 3.63) is 74.8 Å². The summed E-state index contributed by atoms with van der Waals surface area (Å²) >= 11 is 12.8. The highest BCUT2D eigenvalue weighted by Crippen LogP contribution is 2.52. The third kappa shape index (κ3) is 2.29. The molecule has 2 aromatic carbocycles. The van der Waals surface area contributed by atoms with Gasteiger partial charge in [-0.25, -0.2) is 0 Å². The summed E-state index contributed by atoms with van der Waals surface area (Å²) in [7, 11) is 0. The molecule has 0 saturated heterocycles. The summed E-state index contributed by atoms with van der Waals surface area (Å²) < 4.78 is 0. The van der Waals surface area contributed by atoms with E-state index in [4.69, 9.17) is 23.2 Å². The molecule has 4 rings (SSSR count). The first kappa shape index (κ1) is 15.1. The minimum atomic E-state index is 0.189. The molecule has 0 bridgehead atoms. The Labute approximate surface area is 147 Å².